The van der Waals surface area contributed by atoms with Crippen LogP contribution < -0.4 is 10.6 Å². The third-order valence-electron chi connectivity index (χ3n) is 6.57. The maximum Gasteiger partial charge on any atom is 0.253 e. The minimum Gasteiger partial charge on any atom is -0.352 e. The normalized spacial score (nSPS) is 15.8. The SMILES string of the molecule is CCn1cc(C(=O)NCC2CC2)c2cc(-c3ccn4nc(NC(=O)C5CC5)nc4c3)ccc21. The van der Waals surface area contributed by atoms with Crippen molar-refractivity contribution in [1.29, 1.82) is 0 Å². The predicted octanol–water partition coefficient (Wildman–Crippen LogP) is 3.86. The third-order valence-corrected chi connectivity index (χ3v) is 6.57. The Bertz CT molecular complexity index is 1390. The van der Waals surface area contributed by atoms with Crippen LogP contribution in [0.3, 0.4) is 0 Å². The number of anilines is 1. The Labute approximate surface area is 191 Å². The maximum atomic E-state index is 12.9. The third kappa shape index (κ3) is 3.86. The van der Waals surface area contributed by atoms with E-state index in [0.29, 0.717) is 23.1 Å². The van der Waals surface area contributed by atoms with Gasteiger partial charge in [0.1, 0.15) is 0 Å². The Hall–Kier alpha value is -3.68. The highest BCUT2D eigenvalue weighted by Gasteiger charge is 2.30. The lowest BCUT2D eigenvalue weighted by atomic mass is 10.0. The number of benzene rings is 1. The molecule has 0 saturated heterocycles. The summed E-state index contributed by atoms with van der Waals surface area (Å²) in [6.07, 6.45) is 8.08. The molecule has 3 heterocycles. The van der Waals surface area contributed by atoms with Gasteiger partial charge in [-0.3, -0.25) is 14.9 Å². The Morgan fingerprint density at radius 2 is 1.91 bits per heavy atom. The molecule has 4 aromatic rings. The minimum atomic E-state index is -0.0137. The summed E-state index contributed by atoms with van der Waals surface area (Å²) >= 11 is 0. The summed E-state index contributed by atoms with van der Waals surface area (Å²) < 4.78 is 3.77. The number of hydrogen-bond donors (Lipinski definition) is 2. The number of aromatic nitrogens is 4. The van der Waals surface area contributed by atoms with Crippen LogP contribution in [-0.2, 0) is 11.3 Å². The van der Waals surface area contributed by atoms with Crippen LogP contribution in [0.4, 0.5) is 5.95 Å². The number of fused-ring (bicyclic) bond motifs is 2. The van der Waals surface area contributed by atoms with Crippen LogP contribution in [0.2, 0.25) is 0 Å². The highest BCUT2D eigenvalue weighted by Crippen LogP contribution is 2.31. The monoisotopic (exact) mass is 442 g/mol. The number of carbonyl (C=O) groups excluding carboxylic acids is 2. The first-order valence-corrected chi connectivity index (χ1v) is 11.7. The molecule has 0 spiro atoms. The molecule has 2 fully saturated rings. The van der Waals surface area contributed by atoms with Crippen LogP contribution in [0.25, 0.3) is 27.7 Å². The van der Waals surface area contributed by atoms with Gasteiger partial charge in [0.05, 0.1) is 5.56 Å². The van der Waals surface area contributed by atoms with E-state index < -0.39 is 0 Å². The van der Waals surface area contributed by atoms with E-state index in [9.17, 15) is 9.59 Å². The lowest BCUT2D eigenvalue weighted by Crippen LogP contribution is -2.25. The van der Waals surface area contributed by atoms with E-state index in [2.05, 4.69) is 50.4 Å². The summed E-state index contributed by atoms with van der Waals surface area (Å²) in [4.78, 5) is 29.4. The molecule has 33 heavy (non-hydrogen) atoms. The van der Waals surface area contributed by atoms with Crippen LogP contribution in [0.5, 0.6) is 0 Å². The highest BCUT2D eigenvalue weighted by molar-refractivity contribution is 6.08. The van der Waals surface area contributed by atoms with Gasteiger partial charge in [0, 0.05) is 42.3 Å². The van der Waals surface area contributed by atoms with Crippen LogP contribution in [0.1, 0.15) is 43.0 Å². The predicted molar refractivity (Wildman–Crippen MR) is 126 cm³/mol. The molecule has 2 N–H and O–H groups in total. The van der Waals surface area contributed by atoms with E-state index in [0.717, 1.165) is 48.0 Å². The van der Waals surface area contributed by atoms with Crippen molar-refractivity contribution in [1.82, 2.24) is 24.5 Å². The molecular weight excluding hydrogens is 416 g/mol. The second-order valence-electron chi connectivity index (χ2n) is 9.13. The van der Waals surface area contributed by atoms with Gasteiger partial charge in [-0.2, -0.15) is 4.98 Å². The average Bonchev–Trinajstić information content (AvgIpc) is 3.75. The molecule has 6 rings (SSSR count). The van der Waals surface area contributed by atoms with Gasteiger partial charge in [0.25, 0.3) is 5.91 Å². The number of pyridine rings is 1. The zero-order chi connectivity index (χ0) is 22.5. The van der Waals surface area contributed by atoms with Gasteiger partial charge in [-0.15, -0.1) is 5.10 Å². The number of hydrogen-bond acceptors (Lipinski definition) is 4. The van der Waals surface area contributed by atoms with Crippen molar-refractivity contribution in [2.45, 2.75) is 39.2 Å². The molecule has 0 bridgehead atoms. The van der Waals surface area contributed by atoms with Gasteiger partial charge in [0.2, 0.25) is 11.9 Å². The van der Waals surface area contributed by atoms with Gasteiger partial charge in [-0.25, -0.2) is 4.52 Å². The van der Waals surface area contributed by atoms with Gasteiger partial charge in [0.15, 0.2) is 5.65 Å². The van der Waals surface area contributed by atoms with Gasteiger partial charge in [-0.1, -0.05) is 6.07 Å². The van der Waals surface area contributed by atoms with Crippen molar-refractivity contribution in [2.24, 2.45) is 11.8 Å². The van der Waals surface area contributed by atoms with Gasteiger partial charge in [-0.05, 0) is 73.9 Å². The Kier molecular flexibility index (Phi) is 4.67. The molecule has 8 nitrogen and oxygen atoms in total. The molecule has 0 radical (unpaired) electrons. The molecule has 2 aliphatic carbocycles. The van der Waals surface area contributed by atoms with Crippen LogP contribution in [0, 0.1) is 11.8 Å². The molecule has 0 atom stereocenters. The Balaban J connectivity index is 1.33. The topological polar surface area (TPSA) is 93.3 Å². The first-order chi connectivity index (χ1) is 16.1. The lowest BCUT2D eigenvalue weighted by Gasteiger charge is -2.06. The molecule has 0 aliphatic heterocycles. The fraction of sp³-hybridized carbons (Fsp3) is 0.360. The summed E-state index contributed by atoms with van der Waals surface area (Å²) in [5.41, 5.74) is 4.40. The summed E-state index contributed by atoms with van der Waals surface area (Å²) in [5, 5.41) is 11.2. The number of amides is 2. The molecule has 168 valence electrons. The van der Waals surface area contributed by atoms with E-state index in [4.69, 9.17) is 0 Å². The summed E-state index contributed by atoms with van der Waals surface area (Å²) in [6.45, 7) is 3.63. The molecule has 2 aliphatic rings. The van der Waals surface area contributed by atoms with Crippen molar-refractivity contribution >= 4 is 34.3 Å². The van der Waals surface area contributed by atoms with E-state index in [1.165, 1.54) is 12.8 Å². The first kappa shape index (κ1) is 20.0. The highest BCUT2D eigenvalue weighted by atomic mass is 16.2. The fourth-order valence-electron chi connectivity index (χ4n) is 4.25. The number of rotatable bonds is 7. The molecule has 8 heteroatoms. The largest absolute Gasteiger partial charge is 0.352 e. The molecule has 2 saturated carbocycles. The van der Waals surface area contributed by atoms with E-state index >= 15 is 0 Å². The van der Waals surface area contributed by atoms with E-state index in [1.54, 1.807) is 4.52 Å². The van der Waals surface area contributed by atoms with Crippen molar-refractivity contribution < 1.29 is 9.59 Å². The van der Waals surface area contributed by atoms with Crippen molar-refractivity contribution in [3.63, 3.8) is 0 Å². The lowest BCUT2D eigenvalue weighted by molar-refractivity contribution is -0.117. The molecule has 2 amide bonds. The molecule has 1 aromatic carbocycles. The smallest absolute Gasteiger partial charge is 0.253 e. The second kappa shape index (κ2) is 7.72. The van der Waals surface area contributed by atoms with E-state index in [-0.39, 0.29) is 17.7 Å². The number of nitrogens with zero attached hydrogens (tertiary/aromatic N) is 4. The Morgan fingerprint density at radius 3 is 2.67 bits per heavy atom. The molecule has 0 unspecified atom stereocenters. The standard InChI is InChI=1S/C25H26N6O2/c1-2-30-14-20(24(33)26-13-15-3-4-15)19-11-17(7-8-21(19)30)18-9-10-31-22(12-18)27-25(29-31)28-23(32)16-5-6-16/h7-12,14-16H,2-6,13H2,1H3,(H,26,33)(H,28,29,32). The van der Waals surface area contributed by atoms with Crippen LogP contribution in [-0.4, -0.2) is 37.5 Å². The quantitative estimate of drug-likeness (QED) is 0.455. The minimum absolute atomic E-state index is 0.00971. The second-order valence-corrected chi connectivity index (χ2v) is 9.13. The van der Waals surface area contributed by atoms with Crippen molar-refractivity contribution in [3.8, 4) is 11.1 Å². The summed E-state index contributed by atoms with van der Waals surface area (Å²) in [6, 6.07) is 10.1. The number of carbonyl (C=O) groups is 2. The summed E-state index contributed by atoms with van der Waals surface area (Å²) in [7, 11) is 0. The average molecular weight is 443 g/mol. The number of aryl methyl sites for hydroxylation is 1. The van der Waals surface area contributed by atoms with Crippen molar-refractivity contribution in [3.05, 3.63) is 48.3 Å². The van der Waals surface area contributed by atoms with Crippen LogP contribution in [0.15, 0.2) is 42.7 Å². The van der Waals surface area contributed by atoms with Gasteiger partial charge >= 0.3 is 0 Å². The van der Waals surface area contributed by atoms with Crippen LogP contribution >= 0.6 is 0 Å². The molecule has 3 aromatic heterocycles. The Morgan fingerprint density at radius 1 is 1.09 bits per heavy atom. The molecular formula is C25H26N6O2. The summed E-state index contributed by atoms with van der Waals surface area (Å²) in [5.74, 6) is 1.04. The van der Waals surface area contributed by atoms with Gasteiger partial charge < -0.3 is 9.88 Å². The maximum absolute atomic E-state index is 12.9. The zero-order valence-electron chi connectivity index (χ0n) is 18.5. The zero-order valence-corrected chi connectivity index (χ0v) is 18.5. The van der Waals surface area contributed by atoms with E-state index in [1.807, 2.05) is 24.5 Å². The first-order valence-electron chi connectivity index (χ1n) is 11.7. The van der Waals surface area contributed by atoms with Crippen molar-refractivity contribution in [2.75, 3.05) is 11.9 Å². The fourth-order valence-corrected chi connectivity index (χ4v) is 4.25. The number of nitrogens with one attached hydrogen (secondary N) is 2.